The summed E-state index contributed by atoms with van der Waals surface area (Å²) >= 11 is 0. The molecule has 5 aromatic rings. The molecule has 0 aliphatic carbocycles. The molecule has 4 nitrogen and oxygen atoms in total. The second-order valence-corrected chi connectivity index (χ2v) is 6.77. The van der Waals surface area contributed by atoms with Crippen LogP contribution < -0.4 is 0 Å². The van der Waals surface area contributed by atoms with E-state index in [1.165, 1.54) is 0 Å². The summed E-state index contributed by atoms with van der Waals surface area (Å²) in [5.41, 5.74) is 5.87. The molecule has 0 aliphatic heterocycles. The van der Waals surface area contributed by atoms with Gasteiger partial charge in [-0.2, -0.15) is 10.5 Å². The van der Waals surface area contributed by atoms with Crippen molar-refractivity contribution < 1.29 is 0 Å². The van der Waals surface area contributed by atoms with E-state index < -0.39 is 0 Å². The van der Waals surface area contributed by atoms with E-state index in [4.69, 9.17) is 5.26 Å². The van der Waals surface area contributed by atoms with Crippen LogP contribution in [0.1, 0.15) is 11.3 Å². The first-order valence-electron chi connectivity index (χ1n) is 9.20. The van der Waals surface area contributed by atoms with Gasteiger partial charge in [0, 0.05) is 22.0 Å². The lowest BCUT2D eigenvalue weighted by atomic mass is 10.1. The first kappa shape index (κ1) is 16.7. The molecular formula is C25H14N4. The second-order valence-electron chi connectivity index (χ2n) is 6.77. The number of aromatic nitrogens is 2. The molecule has 5 rings (SSSR count). The Bertz CT molecular complexity index is 1480. The SMILES string of the molecule is N#Cc1ccc2c(c1)c1ccccc1n2-c1cccc(-c2cccc(C#N)n2)c1. The van der Waals surface area contributed by atoms with E-state index in [2.05, 4.69) is 46.0 Å². The summed E-state index contributed by atoms with van der Waals surface area (Å²) in [6.07, 6.45) is 0. The zero-order valence-electron chi connectivity index (χ0n) is 15.4. The maximum absolute atomic E-state index is 9.31. The number of pyridine rings is 1. The summed E-state index contributed by atoms with van der Waals surface area (Å²) in [6, 6.07) is 31.9. The molecule has 0 amide bonds. The predicted molar refractivity (Wildman–Crippen MR) is 113 cm³/mol. The van der Waals surface area contributed by atoms with E-state index >= 15 is 0 Å². The summed E-state index contributed by atoms with van der Waals surface area (Å²) in [4.78, 5) is 4.42. The third kappa shape index (κ3) is 2.72. The van der Waals surface area contributed by atoms with Gasteiger partial charge < -0.3 is 4.57 Å². The van der Waals surface area contributed by atoms with Crippen LogP contribution in [0.4, 0.5) is 0 Å². The molecule has 0 fully saturated rings. The minimum Gasteiger partial charge on any atom is -0.309 e. The Hall–Kier alpha value is -4.41. The van der Waals surface area contributed by atoms with Crippen LogP contribution in [0.15, 0.2) is 84.9 Å². The Kier molecular flexibility index (Phi) is 3.83. The molecule has 0 spiro atoms. The van der Waals surface area contributed by atoms with Crippen molar-refractivity contribution in [2.45, 2.75) is 0 Å². The molecule has 0 saturated carbocycles. The maximum Gasteiger partial charge on any atom is 0.141 e. The minimum absolute atomic E-state index is 0.397. The summed E-state index contributed by atoms with van der Waals surface area (Å²) in [7, 11) is 0. The van der Waals surface area contributed by atoms with Gasteiger partial charge in [-0.05, 0) is 48.5 Å². The molecule has 0 saturated heterocycles. The summed E-state index contributed by atoms with van der Waals surface area (Å²) in [5.74, 6) is 0. The first-order valence-corrected chi connectivity index (χ1v) is 9.20. The van der Waals surface area contributed by atoms with Gasteiger partial charge in [0.05, 0.1) is 28.4 Å². The van der Waals surface area contributed by atoms with Gasteiger partial charge in [-0.1, -0.05) is 36.4 Å². The average molecular weight is 370 g/mol. The molecule has 0 unspecified atom stereocenters. The molecule has 0 bridgehead atoms. The van der Waals surface area contributed by atoms with Crippen molar-refractivity contribution in [1.82, 2.24) is 9.55 Å². The van der Waals surface area contributed by atoms with Gasteiger partial charge >= 0.3 is 0 Å². The maximum atomic E-state index is 9.31. The molecule has 29 heavy (non-hydrogen) atoms. The number of hydrogen-bond acceptors (Lipinski definition) is 3. The predicted octanol–water partition coefficient (Wildman–Crippen LogP) is 5.59. The number of para-hydroxylation sites is 1. The van der Waals surface area contributed by atoms with Gasteiger partial charge in [-0.3, -0.25) is 0 Å². The Morgan fingerprint density at radius 2 is 1.52 bits per heavy atom. The van der Waals surface area contributed by atoms with Crippen molar-refractivity contribution in [3.8, 4) is 29.1 Å². The van der Waals surface area contributed by atoms with Gasteiger partial charge in [0.1, 0.15) is 11.8 Å². The molecule has 4 heteroatoms. The summed E-state index contributed by atoms with van der Waals surface area (Å²) in [5, 5.41) is 20.6. The van der Waals surface area contributed by atoms with Crippen LogP contribution >= 0.6 is 0 Å². The van der Waals surface area contributed by atoms with Gasteiger partial charge in [-0.25, -0.2) is 4.98 Å². The van der Waals surface area contributed by atoms with E-state index in [1.54, 1.807) is 6.07 Å². The molecule has 134 valence electrons. The normalized spacial score (nSPS) is 10.7. The Labute approximate surface area is 167 Å². The van der Waals surface area contributed by atoms with Crippen LogP contribution in [0.2, 0.25) is 0 Å². The molecule has 2 aromatic heterocycles. The quantitative estimate of drug-likeness (QED) is 0.407. The van der Waals surface area contributed by atoms with Crippen molar-refractivity contribution in [3.05, 3.63) is 96.2 Å². The van der Waals surface area contributed by atoms with Crippen LogP contribution in [-0.2, 0) is 0 Å². The molecular weight excluding hydrogens is 356 g/mol. The number of rotatable bonds is 2. The molecule has 3 aromatic carbocycles. The highest BCUT2D eigenvalue weighted by Gasteiger charge is 2.13. The van der Waals surface area contributed by atoms with Crippen molar-refractivity contribution in [1.29, 1.82) is 10.5 Å². The smallest absolute Gasteiger partial charge is 0.141 e. The highest BCUT2D eigenvalue weighted by molar-refractivity contribution is 6.09. The van der Waals surface area contributed by atoms with Gasteiger partial charge in [0.15, 0.2) is 0 Å². The number of nitriles is 2. The topological polar surface area (TPSA) is 65.4 Å². The van der Waals surface area contributed by atoms with Gasteiger partial charge in [0.2, 0.25) is 0 Å². The fraction of sp³-hybridized carbons (Fsp3) is 0. The first-order chi connectivity index (χ1) is 14.3. The number of fused-ring (bicyclic) bond motifs is 3. The largest absolute Gasteiger partial charge is 0.309 e. The van der Waals surface area contributed by atoms with Crippen LogP contribution in [0.3, 0.4) is 0 Å². The van der Waals surface area contributed by atoms with Crippen molar-refractivity contribution in [3.63, 3.8) is 0 Å². The Morgan fingerprint density at radius 1 is 0.690 bits per heavy atom. The lowest BCUT2D eigenvalue weighted by Gasteiger charge is -2.10. The lowest BCUT2D eigenvalue weighted by molar-refractivity contribution is 1.18. The van der Waals surface area contributed by atoms with Crippen LogP contribution in [0.25, 0.3) is 38.8 Å². The average Bonchev–Trinajstić information content (AvgIpc) is 3.13. The minimum atomic E-state index is 0.397. The molecule has 0 aliphatic rings. The van der Waals surface area contributed by atoms with Crippen LogP contribution in [0, 0.1) is 22.7 Å². The van der Waals surface area contributed by atoms with Gasteiger partial charge in [-0.15, -0.1) is 0 Å². The summed E-state index contributed by atoms with van der Waals surface area (Å²) in [6.45, 7) is 0. The van der Waals surface area contributed by atoms with E-state index in [0.717, 1.165) is 38.8 Å². The Balaban J connectivity index is 1.78. The third-order valence-electron chi connectivity index (χ3n) is 5.07. The third-order valence-corrected chi connectivity index (χ3v) is 5.07. The fourth-order valence-electron chi connectivity index (χ4n) is 3.78. The van der Waals surface area contributed by atoms with Gasteiger partial charge in [0.25, 0.3) is 0 Å². The number of hydrogen-bond donors (Lipinski definition) is 0. The van der Waals surface area contributed by atoms with Crippen LogP contribution in [0.5, 0.6) is 0 Å². The van der Waals surface area contributed by atoms with Crippen LogP contribution in [-0.4, -0.2) is 9.55 Å². The molecule has 2 heterocycles. The monoisotopic (exact) mass is 370 g/mol. The lowest BCUT2D eigenvalue weighted by Crippen LogP contribution is -1.95. The highest BCUT2D eigenvalue weighted by atomic mass is 15.0. The highest BCUT2D eigenvalue weighted by Crippen LogP contribution is 2.33. The summed E-state index contributed by atoms with van der Waals surface area (Å²) < 4.78 is 2.20. The number of nitrogens with zero attached hydrogens (tertiary/aromatic N) is 4. The van der Waals surface area contributed by atoms with Crippen molar-refractivity contribution >= 4 is 21.8 Å². The van der Waals surface area contributed by atoms with Crippen molar-refractivity contribution in [2.75, 3.05) is 0 Å². The van der Waals surface area contributed by atoms with E-state index in [0.29, 0.717) is 11.3 Å². The Morgan fingerprint density at radius 3 is 2.38 bits per heavy atom. The van der Waals surface area contributed by atoms with E-state index in [1.807, 2.05) is 54.6 Å². The fourth-order valence-corrected chi connectivity index (χ4v) is 3.78. The van der Waals surface area contributed by atoms with E-state index in [-0.39, 0.29) is 0 Å². The van der Waals surface area contributed by atoms with E-state index in [9.17, 15) is 5.26 Å². The molecule has 0 atom stereocenters. The number of benzene rings is 3. The zero-order valence-corrected chi connectivity index (χ0v) is 15.4. The molecule has 0 radical (unpaired) electrons. The standard InChI is InChI=1S/C25H14N4/c26-15-17-11-12-25-22(13-17)21-8-1-2-10-24(21)29(25)20-7-3-5-18(14-20)23-9-4-6-19(16-27)28-23/h1-14H. The second kappa shape index (κ2) is 6.64. The zero-order chi connectivity index (χ0) is 19.8. The van der Waals surface area contributed by atoms with Crippen molar-refractivity contribution in [2.24, 2.45) is 0 Å². The molecule has 0 N–H and O–H groups in total.